The van der Waals surface area contributed by atoms with Crippen LogP contribution in [0, 0.1) is 5.41 Å². The van der Waals surface area contributed by atoms with Gasteiger partial charge in [-0.25, -0.2) is 4.79 Å². The van der Waals surface area contributed by atoms with Crippen molar-refractivity contribution < 1.29 is 4.79 Å². The minimum absolute atomic E-state index is 0.0502. The van der Waals surface area contributed by atoms with Crippen molar-refractivity contribution in [3.63, 3.8) is 0 Å². The van der Waals surface area contributed by atoms with E-state index in [1.807, 2.05) is 17.0 Å². The molecule has 0 unspecified atom stereocenters. The van der Waals surface area contributed by atoms with E-state index in [0.717, 1.165) is 44.7 Å². The Balaban J connectivity index is 1.64. The Labute approximate surface area is 126 Å². The fourth-order valence-electron chi connectivity index (χ4n) is 3.60. The first kappa shape index (κ1) is 14.4. The first-order chi connectivity index (χ1) is 10.2. The quantitative estimate of drug-likeness (QED) is 0.878. The van der Waals surface area contributed by atoms with E-state index in [0.29, 0.717) is 5.41 Å². The molecule has 4 nitrogen and oxygen atoms in total. The van der Waals surface area contributed by atoms with E-state index in [4.69, 9.17) is 0 Å². The molecule has 2 aliphatic rings. The number of anilines is 1. The second-order valence-electron chi connectivity index (χ2n) is 6.44. The van der Waals surface area contributed by atoms with Gasteiger partial charge in [0.05, 0.1) is 0 Å². The van der Waals surface area contributed by atoms with Gasteiger partial charge in [0.25, 0.3) is 0 Å². The molecule has 1 aromatic rings. The van der Waals surface area contributed by atoms with E-state index in [1.54, 1.807) is 0 Å². The van der Waals surface area contributed by atoms with Crippen LogP contribution in [0.25, 0.3) is 0 Å². The van der Waals surface area contributed by atoms with Gasteiger partial charge in [0.1, 0.15) is 0 Å². The monoisotopic (exact) mass is 287 g/mol. The molecule has 4 heteroatoms. The molecule has 2 N–H and O–H groups in total. The Morgan fingerprint density at radius 1 is 1.43 bits per heavy atom. The number of hydrogen-bond donors (Lipinski definition) is 2. The molecule has 1 spiro atoms. The Kier molecular flexibility index (Phi) is 4.15. The lowest BCUT2D eigenvalue weighted by molar-refractivity contribution is 0.125. The molecular weight excluding hydrogens is 262 g/mol. The van der Waals surface area contributed by atoms with E-state index >= 15 is 0 Å². The standard InChI is InChI=1S/C17H25N3O/c1-2-14-5-3-6-15(11-14)19-16(21)20-10-4-7-17(13-20)8-9-18-12-17/h3,5-6,11,18H,2,4,7-10,12-13H2,1H3,(H,19,21)/t17-/m0/s1. The van der Waals surface area contributed by atoms with Gasteiger partial charge in [0.2, 0.25) is 0 Å². The summed E-state index contributed by atoms with van der Waals surface area (Å²) in [4.78, 5) is 14.5. The van der Waals surface area contributed by atoms with Crippen molar-refractivity contribution in [2.75, 3.05) is 31.5 Å². The number of carbonyl (C=O) groups excluding carboxylic acids is 1. The van der Waals surface area contributed by atoms with Gasteiger partial charge in [-0.3, -0.25) is 0 Å². The third-order valence-corrected chi connectivity index (χ3v) is 4.87. The molecule has 2 heterocycles. The van der Waals surface area contributed by atoms with E-state index in [1.165, 1.54) is 18.4 Å². The van der Waals surface area contributed by atoms with E-state index in [9.17, 15) is 4.79 Å². The average molecular weight is 287 g/mol. The molecule has 0 aliphatic carbocycles. The highest BCUT2D eigenvalue weighted by molar-refractivity contribution is 5.89. The number of rotatable bonds is 2. The topological polar surface area (TPSA) is 44.4 Å². The number of benzene rings is 1. The Morgan fingerprint density at radius 3 is 3.10 bits per heavy atom. The van der Waals surface area contributed by atoms with Gasteiger partial charge in [-0.05, 0) is 49.9 Å². The number of piperidine rings is 1. The number of hydrogen-bond acceptors (Lipinski definition) is 2. The van der Waals surface area contributed by atoms with Gasteiger partial charge in [0.15, 0.2) is 0 Å². The lowest BCUT2D eigenvalue weighted by atomic mass is 9.79. The lowest BCUT2D eigenvalue weighted by Crippen LogP contribution is -2.48. The maximum absolute atomic E-state index is 12.5. The maximum Gasteiger partial charge on any atom is 0.321 e. The van der Waals surface area contributed by atoms with Crippen LogP contribution >= 0.6 is 0 Å². The fourth-order valence-corrected chi connectivity index (χ4v) is 3.60. The molecule has 21 heavy (non-hydrogen) atoms. The van der Waals surface area contributed by atoms with Crippen molar-refractivity contribution in [1.29, 1.82) is 0 Å². The maximum atomic E-state index is 12.5. The summed E-state index contributed by atoms with van der Waals surface area (Å²) in [5.41, 5.74) is 2.48. The molecule has 0 saturated carbocycles. The fraction of sp³-hybridized carbons (Fsp3) is 0.588. The van der Waals surface area contributed by atoms with Crippen LogP contribution in [0.5, 0.6) is 0 Å². The Hall–Kier alpha value is -1.55. The highest BCUT2D eigenvalue weighted by Gasteiger charge is 2.39. The minimum Gasteiger partial charge on any atom is -0.324 e. The van der Waals surface area contributed by atoms with E-state index in [2.05, 4.69) is 29.7 Å². The molecule has 0 aromatic heterocycles. The van der Waals surface area contributed by atoms with Crippen LogP contribution in [-0.2, 0) is 6.42 Å². The first-order valence-corrected chi connectivity index (χ1v) is 8.06. The molecule has 1 aromatic carbocycles. The Morgan fingerprint density at radius 2 is 2.33 bits per heavy atom. The van der Waals surface area contributed by atoms with Crippen molar-refractivity contribution >= 4 is 11.7 Å². The van der Waals surface area contributed by atoms with Crippen molar-refractivity contribution in [2.24, 2.45) is 5.41 Å². The summed E-state index contributed by atoms with van der Waals surface area (Å²) < 4.78 is 0. The molecule has 2 amide bonds. The molecule has 2 fully saturated rings. The molecule has 0 radical (unpaired) electrons. The van der Waals surface area contributed by atoms with E-state index < -0.39 is 0 Å². The SMILES string of the molecule is CCc1cccc(NC(=O)N2CCC[C@@]3(CCNC3)C2)c1. The predicted molar refractivity (Wildman–Crippen MR) is 85.6 cm³/mol. The second-order valence-corrected chi connectivity index (χ2v) is 6.44. The number of aryl methyl sites for hydroxylation is 1. The van der Waals surface area contributed by atoms with Gasteiger partial charge in [-0.2, -0.15) is 0 Å². The molecule has 2 aliphatic heterocycles. The summed E-state index contributed by atoms with van der Waals surface area (Å²) in [5.74, 6) is 0. The predicted octanol–water partition coefficient (Wildman–Crippen LogP) is 2.86. The normalized spacial score (nSPS) is 25.3. The number of carbonyl (C=O) groups is 1. The molecule has 1 atom stereocenters. The average Bonchev–Trinajstić information content (AvgIpc) is 2.95. The van der Waals surface area contributed by atoms with Crippen LogP contribution < -0.4 is 10.6 Å². The van der Waals surface area contributed by atoms with Crippen LogP contribution in [0.15, 0.2) is 24.3 Å². The summed E-state index contributed by atoms with van der Waals surface area (Å²) in [5, 5.41) is 6.51. The second kappa shape index (κ2) is 6.06. The molecule has 114 valence electrons. The highest BCUT2D eigenvalue weighted by Crippen LogP contribution is 2.35. The summed E-state index contributed by atoms with van der Waals surface area (Å²) in [6.07, 6.45) is 4.55. The minimum atomic E-state index is 0.0502. The Bertz CT molecular complexity index is 509. The van der Waals surface area contributed by atoms with Crippen molar-refractivity contribution in [2.45, 2.75) is 32.6 Å². The lowest BCUT2D eigenvalue weighted by Gasteiger charge is -2.39. The third kappa shape index (κ3) is 3.21. The smallest absolute Gasteiger partial charge is 0.321 e. The van der Waals surface area contributed by atoms with Crippen molar-refractivity contribution in [3.05, 3.63) is 29.8 Å². The van der Waals surface area contributed by atoms with Crippen LogP contribution in [0.4, 0.5) is 10.5 Å². The van der Waals surface area contributed by atoms with Crippen molar-refractivity contribution in [1.82, 2.24) is 10.2 Å². The van der Waals surface area contributed by atoms with Gasteiger partial charge in [-0.15, -0.1) is 0 Å². The van der Waals surface area contributed by atoms with Gasteiger partial charge in [0, 0.05) is 30.7 Å². The van der Waals surface area contributed by atoms with Crippen LogP contribution in [-0.4, -0.2) is 37.1 Å². The van der Waals surface area contributed by atoms with Crippen LogP contribution in [0.1, 0.15) is 31.7 Å². The molecule has 2 saturated heterocycles. The van der Waals surface area contributed by atoms with Crippen molar-refractivity contribution in [3.8, 4) is 0 Å². The van der Waals surface area contributed by atoms with Gasteiger partial charge >= 0.3 is 6.03 Å². The number of likely N-dealkylation sites (tertiary alicyclic amines) is 1. The first-order valence-electron chi connectivity index (χ1n) is 8.06. The molecule has 0 bridgehead atoms. The third-order valence-electron chi connectivity index (χ3n) is 4.87. The number of nitrogens with zero attached hydrogens (tertiary/aromatic N) is 1. The van der Waals surface area contributed by atoms with E-state index in [-0.39, 0.29) is 6.03 Å². The summed E-state index contributed by atoms with van der Waals surface area (Å²) in [6.45, 7) is 6.04. The molecule has 3 rings (SSSR count). The zero-order valence-corrected chi connectivity index (χ0v) is 12.8. The highest BCUT2D eigenvalue weighted by atomic mass is 16.2. The zero-order valence-electron chi connectivity index (χ0n) is 12.8. The van der Waals surface area contributed by atoms with Crippen LogP contribution in [0.3, 0.4) is 0 Å². The number of amides is 2. The number of nitrogens with one attached hydrogen (secondary N) is 2. The largest absolute Gasteiger partial charge is 0.324 e. The zero-order chi connectivity index (χ0) is 14.7. The molecular formula is C17H25N3O. The van der Waals surface area contributed by atoms with Gasteiger partial charge in [-0.1, -0.05) is 19.1 Å². The summed E-state index contributed by atoms with van der Waals surface area (Å²) >= 11 is 0. The van der Waals surface area contributed by atoms with Crippen LogP contribution in [0.2, 0.25) is 0 Å². The summed E-state index contributed by atoms with van der Waals surface area (Å²) in [6, 6.07) is 8.18. The van der Waals surface area contributed by atoms with Gasteiger partial charge < -0.3 is 15.5 Å². The number of urea groups is 1. The summed E-state index contributed by atoms with van der Waals surface area (Å²) in [7, 11) is 0.